The number of nitrogens with zero attached hydrogens (tertiary/aromatic N) is 4. The van der Waals surface area contributed by atoms with Crippen LogP contribution >= 0.6 is 11.3 Å². The number of hydrogen-bond donors (Lipinski definition) is 2. The summed E-state index contributed by atoms with van der Waals surface area (Å²) in [6.07, 6.45) is 1.17. The summed E-state index contributed by atoms with van der Waals surface area (Å²) in [5.41, 5.74) is 0.839. The number of likely N-dealkylation sites (N-methyl/N-ethyl adjacent to an activating group) is 1. The molecule has 1 aliphatic rings. The third-order valence-electron chi connectivity index (χ3n) is 7.04. The first-order chi connectivity index (χ1) is 20.2. The van der Waals surface area contributed by atoms with Crippen molar-refractivity contribution in [3.63, 3.8) is 0 Å². The second-order valence-corrected chi connectivity index (χ2v) is 10.8. The Morgan fingerprint density at radius 3 is 2.19 bits per heavy atom. The van der Waals surface area contributed by atoms with Gasteiger partial charge in [-0.25, -0.2) is 0 Å². The average molecular weight is 595 g/mol. The zero-order valence-electron chi connectivity index (χ0n) is 22.8. The number of amides is 2. The van der Waals surface area contributed by atoms with Gasteiger partial charge in [0.25, 0.3) is 11.8 Å². The minimum absolute atomic E-state index is 0.0118. The summed E-state index contributed by atoms with van der Waals surface area (Å²) in [5.74, 6) is -1.10. The van der Waals surface area contributed by atoms with E-state index in [2.05, 4.69) is 32.4 Å². The second kappa shape index (κ2) is 12.8. The molecule has 1 fully saturated rings. The van der Waals surface area contributed by atoms with Crippen molar-refractivity contribution in [3.8, 4) is 10.4 Å². The molecule has 5 rings (SSSR count). The summed E-state index contributed by atoms with van der Waals surface area (Å²) in [6.45, 7) is 6.19. The Kier molecular flexibility index (Phi) is 8.95. The number of benzene rings is 1. The molecule has 218 valence electrons. The number of carbonyl (C=O) groups excluding carboxylic acids is 2. The molecule has 2 amide bonds. The Hall–Kier alpha value is -4.13. The van der Waals surface area contributed by atoms with Gasteiger partial charge < -0.3 is 15.5 Å². The molecule has 8 nitrogen and oxygen atoms in total. The minimum Gasteiger partial charge on any atom is -0.322 e. The number of rotatable bonds is 8. The third-order valence-corrected chi connectivity index (χ3v) is 7.96. The molecule has 3 aromatic heterocycles. The zero-order chi connectivity index (χ0) is 29.7. The van der Waals surface area contributed by atoms with Gasteiger partial charge in [-0.3, -0.25) is 24.5 Å². The fourth-order valence-corrected chi connectivity index (χ4v) is 5.45. The van der Waals surface area contributed by atoms with E-state index in [1.807, 2.05) is 22.4 Å². The fraction of sp³-hybridized carbons (Fsp3) is 0.267. The molecule has 0 aliphatic carbocycles. The predicted octanol–water partition coefficient (Wildman–Crippen LogP) is 5.87. The van der Waals surface area contributed by atoms with Crippen LogP contribution < -0.4 is 10.6 Å². The largest absolute Gasteiger partial charge is 0.416 e. The van der Waals surface area contributed by atoms with E-state index >= 15 is 0 Å². The van der Waals surface area contributed by atoms with Gasteiger partial charge in [0.15, 0.2) is 0 Å². The lowest BCUT2D eigenvalue weighted by molar-refractivity contribution is -0.138. The molecule has 1 aliphatic heterocycles. The van der Waals surface area contributed by atoms with Crippen molar-refractivity contribution in [1.29, 1.82) is 0 Å². The minimum atomic E-state index is -4.58. The molecule has 0 spiro atoms. The number of nitrogens with one attached hydrogen (secondary N) is 2. The first-order valence-electron chi connectivity index (χ1n) is 13.4. The maximum atomic E-state index is 14.0. The van der Waals surface area contributed by atoms with Crippen molar-refractivity contribution in [2.75, 3.05) is 43.4 Å². The molecule has 0 radical (unpaired) electrons. The normalized spacial score (nSPS) is 14.5. The summed E-state index contributed by atoms with van der Waals surface area (Å²) >= 11 is 1.53. The smallest absolute Gasteiger partial charge is 0.322 e. The van der Waals surface area contributed by atoms with Crippen LogP contribution in [0.2, 0.25) is 0 Å². The lowest BCUT2D eigenvalue weighted by atomic mass is 10.0. The van der Waals surface area contributed by atoms with Gasteiger partial charge in [0.2, 0.25) is 0 Å². The number of pyridine rings is 2. The first-order valence-corrected chi connectivity index (χ1v) is 14.3. The van der Waals surface area contributed by atoms with Gasteiger partial charge in [-0.1, -0.05) is 19.1 Å². The van der Waals surface area contributed by atoms with Crippen LogP contribution in [-0.4, -0.2) is 64.3 Å². The summed E-state index contributed by atoms with van der Waals surface area (Å²) in [6, 6.07) is 10.8. The van der Waals surface area contributed by atoms with Crippen molar-refractivity contribution in [1.82, 2.24) is 19.8 Å². The van der Waals surface area contributed by atoms with Crippen LogP contribution in [0.3, 0.4) is 0 Å². The summed E-state index contributed by atoms with van der Waals surface area (Å²) in [5, 5.41) is 7.16. The molecule has 0 saturated carbocycles. The number of hydrogen-bond acceptors (Lipinski definition) is 7. The third kappa shape index (κ3) is 7.19. The number of halogens is 3. The highest BCUT2D eigenvalue weighted by atomic mass is 32.1. The quantitative estimate of drug-likeness (QED) is 0.265. The van der Waals surface area contributed by atoms with E-state index in [9.17, 15) is 22.8 Å². The van der Waals surface area contributed by atoms with Crippen LogP contribution in [0.5, 0.6) is 0 Å². The van der Waals surface area contributed by atoms with E-state index < -0.39 is 23.6 Å². The molecule has 12 heteroatoms. The number of aromatic nitrogens is 2. The average Bonchev–Trinajstić information content (AvgIpc) is 3.53. The van der Waals surface area contributed by atoms with Gasteiger partial charge in [0.1, 0.15) is 0 Å². The monoisotopic (exact) mass is 594 g/mol. The highest BCUT2D eigenvalue weighted by molar-refractivity contribution is 7.13. The summed E-state index contributed by atoms with van der Waals surface area (Å²) in [7, 11) is 0. The number of anilines is 2. The van der Waals surface area contributed by atoms with Gasteiger partial charge in [-0.15, -0.1) is 11.3 Å². The van der Waals surface area contributed by atoms with Gasteiger partial charge >= 0.3 is 6.18 Å². The van der Waals surface area contributed by atoms with Crippen molar-refractivity contribution in [3.05, 3.63) is 94.9 Å². The first kappa shape index (κ1) is 29.4. The highest BCUT2D eigenvalue weighted by Gasteiger charge is 2.34. The fourth-order valence-electron chi connectivity index (χ4n) is 4.74. The number of piperazine rings is 1. The van der Waals surface area contributed by atoms with Gasteiger partial charge in [0.05, 0.1) is 28.6 Å². The lowest BCUT2D eigenvalue weighted by Crippen LogP contribution is -2.45. The van der Waals surface area contributed by atoms with Crippen molar-refractivity contribution in [2.24, 2.45) is 0 Å². The maximum absolute atomic E-state index is 14.0. The maximum Gasteiger partial charge on any atom is 0.416 e. The van der Waals surface area contributed by atoms with Crippen molar-refractivity contribution >= 4 is 34.5 Å². The van der Waals surface area contributed by atoms with Crippen LogP contribution in [0, 0.1) is 0 Å². The van der Waals surface area contributed by atoms with E-state index in [0.717, 1.165) is 36.1 Å². The molecule has 42 heavy (non-hydrogen) atoms. The lowest BCUT2D eigenvalue weighted by Gasteiger charge is -2.34. The molecule has 4 aromatic rings. The van der Waals surface area contributed by atoms with Crippen LogP contribution in [0.25, 0.3) is 10.4 Å². The molecule has 2 N–H and O–H groups in total. The van der Waals surface area contributed by atoms with Crippen LogP contribution in [0.1, 0.15) is 38.8 Å². The zero-order valence-corrected chi connectivity index (χ0v) is 23.6. The molecule has 1 saturated heterocycles. The second-order valence-electron chi connectivity index (χ2n) is 9.89. The van der Waals surface area contributed by atoms with E-state index in [4.69, 9.17) is 0 Å². The Morgan fingerprint density at radius 2 is 1.52 bits per heavy atom. The Labute approximate surface area is 245 Å². The summed E-state index contributed by atoms with van der Waals surface area (Å²) < 4.78 is 42.0. The molecule has 4 heterocycles. The number of thiophene rings is 1. The van der Waals surface area contributed by atoms with Crippen LogP contribution in [0.4, 0.5) is 24.5 Å². The van der Waals surface area contributed by atoms with Crippen molar-refractivity contribution < 1.29 is 22.8 Å². The molecule has 0 unspecified atom stereocenters. The molecule has 0 bridgehead atoms. The van der Waals surface area contributed by atoms with Crippen LogP contribution in [0.15, 0.2) is 72.6 Å². The van der Waals surface area contributed by atoms with E-state index in [-0.39, 0.29) is 29.0 Å². The van der Waals surface area contributed by atoms with Crippen molar-refractivity contribution in [2.45, 2.75) is 19.6 Å². The Bertz CT molecular complexity index is 1550. The Balaban J connectivity index is 1.27. The SMILES string of the molecule is CCN1CCN(Cc2ccc(NC(=O)c3cncc(NC(=O)c4cncc(-c5cccs5)c4)c3)cc2C(F)(F)F)CC1. The molecular formula is C30H29F3N6O2S. The molecule has 0 atom stereocenters. The number of carbonyl (C=O) groups is 2. The summed E-state index contributed by atoms with van der Waals surface area (Å²) in [4.78, 5) is 39.2. The van der Waals surface area contributed by atoms with Crippen LogP contribution in [-0.2, 0) is 12.7 Å². The van der Waals surface area contributed by atoms with Gasteiger partial charge in [0, 0.05) is 67.4 Å². The predicted molar refractivity (Wildman–Crippen MR) is 157 cm³/mol. The topological polar surface area (TPSA) is 90.5 Å². The number of alkyl halides is 3. The van der Waals surface area contributed by atoms with E-state index in [0.29, 0.717) is 18.7 Å². The van der Waals surface area contributed by atoms with Gasteiger partial charge in [-0.2, -0.15) is 13.2 Å². The van der Waals surface area contributed by atoms with E-state index in [1.54, 1.807) is 12.3 Å². The highest BCUT2D eigenvalue weighted by Crippen LogP contribution is 2.35. The Morgan fingerprint density at radius 1 is 0.857 bits per heavy atom. The van der Waals surface area contributed by atoms with E-state index in [1.165, 1.54) is 48.1 Å². The standard InChI is InChI=1S/C30H29F3N6O2S/c1-2-38-7-9-39(10-8-38)19-20-5-6-24(14-26(20)30(31,32)33)36-29(41)23-13-25(18-35-17-23)37-28(40)22-12-21(15-34-16-22)27-4-3-11-42-27/h3-6,11-18H,2,7-10,19H2,1H3,(H,36,41)(H,37,40). The molecule has 1 aromatic carbocycles. The van der Waals surface area contributed by atoms with Gasteiger partial charge in [-0.05, 0) is 47.8 Å². The molecular weight excluding hydrogens is 565 g/mol.